The molecule has 0 N–H and O–H groups in total. The van der Waals surface area contributed by atoms with Gasteiger partial charge in [-0.1, -0.05) is 26.4 Å². The minimum Gasteiger partial charge on any atom is -0.265 e. The summed E-state index contributed by atoms with van der Waals surface area (Å²) in [5.74, 6) is 0. The van der Waals surface area contributed by atoms with Gasteiger partial charge in [0.2, 0.25) is 6.54 Å². The molecule has 0 rings (SSSR count). The largest absolute Gasteiger partial charge is 0.265 e. The van der Waals surface area contributed by atoms with Gasteiger partial charge in [0.05, 0.1) is 8.07 Å². The van der Waals surface area contributed by atoms with Crippen LogP contribution in [0, 0.1) is 10.1 Å². The van der Waals surface area contributed by atoms with Gasteiger partial charge in [-0.2, -0.15) is 0 Å². The summed E-state index contributed by atoms with van der Waals surface area (Å²) >= 11 is 0. The predicted octanol–water partition coefficient (Wildman–Crippen LogP) is 2.87. The number of nitro groups is 1. The van der Waals surface area contributed by atoms with E-state index in [4.69, 9.17) is 0 Å². The minimum absolute atomic E-state index is 0.1000. The van der Waals surface area contributed by atoms with Crippen molar-refractivity contribution in [3.8, 4) is 0 Å². The summed E-state index contributed by atoms with van der Waals surface area (Å²) in [5, 5.41) is 10.2. The van der Waals surface area contributed by atoms with Crippen LogP contribution in [0.3, 0.4) is 0 Å². The van der Waals surface area contributed by atoms with E-state index in [0.29, 0.717) is 12.0 Å². The molecule has 0 aliphatic carbocycles. The van der Waals surface area contributed by atoms with Crippen LogP contribution in [0.2, 0.25) is 18.6 Å². The summed E-state index contributed by atoms with van der Waals surface area (Å²) < 4.78 is 0. The lowest BCUT2D eigenvalue weighted by Gasteiger charge is -2.27. The van der Waals surface area contributed by atoms with E-state index < -0.39 is 8.07 Å². The van der Waals surface area contributed by atoms with Crippen LogP contribution < -0.4 is 0 Å². The van der Waals surface area contributed by atoms with Gasteiger partial charge in [-0.25, -0.2) is 0 Å². The monoisotopic (exact) mass is 201 g/mol. The zero-order valence-corrected chi connectivity index (χ0v) is 9.75. The van der Waals surface area contributed by atoms with Crippen LogP contribution in [0.4, 0.5) is 0 Å². The van der Waals surface area contributed by atoms with E-state index in [1.165, 1.54) is 0 Å². The van der Waals surface area contributed by atoms with Crippen LogP contribution >= 0.6 is 0 Å². The van der Waals surface area contributed by atoms with E-state index in [9.17, 15) is 10.1 Å². The topological polar surface area (TPSA) is 43.1 Å². The Kier molecular flexibility index (Phi) is 4.91. The van der Waals surface area contributed by atoms with Crippen LogP contribution in [-0.2, 0) is 0 Å². The SMILES string of the molecule is C=C[Si](C)(C)C(CC)CC[N+](=O)[O-]. The molecule has 1 atom stereocenters. The highest BCUT2D eigenvalue weighted by molar-refractivity contribution is 6.83. The first-order valence-electron chi connectivity index (χ1n) is 4.69. The molecule has 3 nitrogen and oxygen atoms in total. The molecule has 0 bridgehead atoms. The fourth-order valence-electron chi connectivity index (χ4n) is 1.53. The van der Waals surface area contributed by atoms with Crippen LogP contribution in [0.5, 0.6) is 0 Å². The van der Waals surface area contributed by atoms with Gasteiger partial charge in [0.15, 0.2) is 0 Å². The average molecular weight is 201 g/mol. The van der Waals surface area contributed by atoms with Gasteiger partial charge >= 0.3 is 0 Å². The third-order valence-corrected chi connectivity index (χ3v) is 6.58. The number of rotatable bonds is 6. The number of hydrogen-bond acceptors (Lipinski definition) is 2. The summed E-state index contributed by atoms with van der Waals surface area (Å²) in [6.45, 7) is 10.5. The molecule has 13 heavy (non-hydrogen) atoms. The Hall–Kier alpha value is -0.643. The molecule has 0 heterocycles. The molecule has 0 aliphatic heterocycles. The zero-order chi connectivity index (χ0) is 10.5. The molecule has 0 radical (unpaired) electrons. The standard InChI is InChI=1S/C9H19NO2Si/c1-5-9(7-8-10(11)12)13(3,4)6-2/h6,9H,2,5,7-8H2,1,3-4H3. The Morgan fingerprint density at radius 3 is 2.46 bits per heavy atom. The van der Waals surface area contributed by atoms with E-state index in [-0.39, 0.29) is 11.5 Å². The van der Waals surface area contributed by atoms with Crippen molar-refractivity contribution in [3.63, 3.8) is 0 Å². The molecular weight excluding hydrogens is 182 g/mol. The highest BCUT2D eigenvalue weighted by atomic mass is 28.3. The normalized spacial score (nSPS) is 13.8. The highest BCUT2D eigenvalue weighted by Gasteiger charge is 2.27. The summed E-state index contributed by atoms with van der Waals surface area (Å²) in [6, 6.07) is 0. The van der Waals surface area contributed by atoms with Gasteiger partial charge in [0.1, 0.15) is 0 Å². The second kappa shape index (κ2) is 5.17. The minimum atomic E-state index is -1.41. The molecule has 0 aromatic carbocycles. The molecule has 0 spiro atoms. The fourth-order valence-corrected chi connectivity index (χ4v) is 3.79. The zero-order valence-electron chi connectivity index (χ0n) is 8.75. The van der Waals surface area contributed by atoms with E-state index in [0.717, 1.165) is 6.42 Å². The van der Waals surface area contributed by atoms with Crippen molar-refractivity contribution in [1.82, 2.24) is 0 Å². The maximum atomic E-state index is 10.2. The number of nitrogens with zero attached hydrogens (tertiary/aromatic N) is 1. The maximum absolute atomic E-state index is 10.2. The quantitative estimate of drug-likeness (QED) is 0.377. The smallest absolute Gasteiger partial charge is 0.203 e. The van der Waals surface area contributed by atoms with Crippen molar-refractivity contribution in [2.24, 2.45) is 0 Å². The summed E-state index contributed by atoms with van der Waals surface area (Å²) in [7, 11) is -1.41. The lowest BCUT2D eigenvalue weighted by atomic mass is 10.2. The highest BCUT2D eigenvalue weighted by Crippen LogP contribution is 2.29. The van der Waals surface area contributed by atoms with Crippen LogP contribution in [0.1, 0.15) is 19.8 Å². The third kappa shape index (κ3) is 4.22. The van der Waals surface area contributed by atoms with Gasteiger partial charge in [-0.15, -0.1) is 12.3 Å². The molecule has 0 saturated heterocycles. The van der Waals surface area contributed by atoms with Crippen molar-refractivity contribution < 1.29 is 4.92 Å². The molecular formula is C9H19NO2Si. The van der Waals surface area contributed by atoms with Crippen molar-refractivity contribution in [2.45, 2.75) is 38.4 Å². The maximum Gasteiger partial charge on any atom is 0.203 e. The first kappa shape index (κ1) is 12.4. The summed E-state index contributed by atoms with van der Waals surface area (Å²) in [6.07, 6.45) is 1.73. The summed E-state index contributed by atoms with van der Waals surface area (Å²) in [4.78, 5) is 10.0. The van der Waals surface area contributed by atoms with Crippen molar-refractivity contribution in [1.29, 1.82) is 0 Å². The first-order chi connectivity index (χ1) is 5.94. The molecule has 76 valence electrons. The van der Waals surface area contributed by atoms with E-state index in [1.54, 1.807) is 0 Å². The Labute approximate surface area is 81.0 Å². The Morgan fingerprint density at radius 1 is 1.62 bits per heavy atom. The van der Waals surface area contributed by atoms with E-state index >= 15 is 0 Å². The van der Waals surface area contributed by atoms with Gasteiger partial charge in [0.25, 0.3) is 0 Å². The van der Waals surface area contributed by atoms with Crippen LogP contribution in [-0.4, -0.2) is 19.5 Å². The molecule has 1 unspecified atom stereocenters. The number of hydrogen-bond donors (Lipinski definition) is 0. The molecule has 0 saturated carbocycles. The molecule has 0 aromatic heterocycles. The Bertz CT molecular complexity index is 192. The van der Waals surface area contributed by atoms with E-state index in [1.807, 2.05) is 5.70 Å². The van der Waals surface area contributed by atoms with Crippen molar-refractivity contribution in [3.05, 3.63) is 22.4 Å². The van der Waals surface area contributed by atoms with Gasteiger partial charge in [-0.3, -0.25) is 10.1 Å². The van der Waals surface area contributed by atoms with Crippen molar-refractivity contribution >= 4 is 8.07 Å². The lowest BCUT2D eigenvalue weighted by Crippen LogP contribution is -2.31. The average Bonchev–Trinajstić information content (AvgIpc) is 2.04. The molecule has 4 heteroatoms. The predicted molar refractivity (Wildman–Crippen MR) is 58.2 cm³/mol. The summed E-state index contributed by atoms with van der Waals surface area (Å²) in [5.41, 5.74) is 2.52. The molecule has 0 aliphatic rings. The van der Waals surface area contributed by atoms with Gasteiger partial charge in [-0.05, 0) is 5.54 Å². The molecule has 0 aromatic rings. The lowest BCUT2D eigenvalue weighted by molar-refractivity contribution is -0.480. The Morgan fingerprint density at radius 2 is 2.15 bits per heavy atom. The molecule has 0 fully saturated rings. The Balaban J connectivity index is 4.17. The van der Waals surface area contributed by atoms with Crippen LogP contribution in [0.25, 0.3) is 0 Å². The second-order valence-electron chi connectivity index (χ2n) is 3.98. The van der Waals surface area contributed by atoms with E-state index in [2.05, 4.69) is 26.6 Å². The first-order valence-corrected chi connectivity index (χ1v) is 7.85. The molecule has 0 amide bonds. The second-order valence-corrected chi connectivity index (χ2v) is 8.84. The fraction of sp³-hybridized carbons (Fsp3) is 0.778. The third-order valence-electron chi connectivity index (χ3n) is 2.73. The van der Waals surface area contributed by atoms with Crippen molar-refractivity contribution in [2.75, 3.05) is 6.54 Å². The van der Waals surface area contributed by atoms with Gasteiger partial charge in [0, 0.05) is 11.3 Å². The van der Waals surface area contributed by atoms with Gasteiger partial charge < -0.3 is 0 Å². The van der Waals surface area contributed by atoms with Crippen LogP contribution in [0.15, 0.2) is 12.3 Å².